The molecule has 0 fully saturated rings. The summed E-state index contributed by atoms with van der Waals surface area (Å²) in [6, 6.07) is 11.5. The summed E-state index contributed by atoms with van der Waals surface area (Å²) in [5.74, 6) is -0.851. The van der Waals surface area contributed by atoms with Crippen molar-refractivity contribution in [2.45, 2.75) is 13.5 Å². The van der Waals surface area contributed by atoms with E-state index in [1.54, 1.807) is 0 Å². The quantitative estimate of drug-likeness (QED) is 0.831. The highest BCUT2D eigenvalue weighted by Crippen LogP contribution is 2.14. The average molecular weight is 258 g/mol. The summed E-state index contributed by atoms with van der Waals surface area (Å²) in [6.07, 6.45) is 0. The van der Waals surface area contributed by atoms with E-state index in [9.17, 15) is 9.18 Å². The van der Waals surface area contributed by atoms with E-state index in [1.807, 2.05) is 31.2 Å². The number of aryl methyl sites for hydroxylation is 1. The molecule has 4 heteroatoms. The van der Waals surface area contributed by atoms with Crippen molar-refractivity contribution < 1.29 is 9.18 Å². The van der Waals surface area contributed by atoms with E-state index in [-0.39, 0.29) is 17.2 Å². The van der Waals surface area contributed by atoms with Crippen molar-refractivity contribution in [1.29, 1.82) is 0 Å². The van der Waals surface area contributed by atoms with Crippen LogP contribution in [0.3, 0.4) is 0 Å². The molecule has 2 aromatic carbocycles. The lowest BCUT2D eigenvalue weighted by Gasteiger charge is -2.09. The van der Waals surface area contributed by atoms with Gasteiger partial charge in [0.15, 0.2) is 0 Å². The highest BCUT2D eigenvalue weighted by Gasteiger charge is 2.10. The van der Waals surface area contributed by atoms with Crippen molar-refractivity contribution in [3.05, 3.63) is 65.0 Å². The van der Waals surface area contributed by atoms with Crippen LogP contribution in [0.5, 0.6) is 0 Å². The number of hydrogen-bond acceptors (Lipinski definition) is 2. The van der Waals surface area contributed by atoms with Crippen LogP contribution in [0.4, 0.5) is 10.1 Å². The number of carbonyl (C=O) groups excluding carboxylic acids is 1. The van der Waals surface area contributed by atoms with E-state index in [1.165, 1.54) is 12.1 Å². The van der Waals surface area contributed by atoms with Gasteiger partial charge in [-0.1, -0.05) is 24.3 Å². The molecule has 0 heterocycles. The van der Waals surface area contributed by atoms with Gasteiger partial charge in [-0.15, -0.1) is 0 Å². The van der Waals surface area contributed by atoms with Crippen molar-refractivity contribution in [2.75, 3.05) is 5.73 Å². The zero-order chi connectivity index (χ0) is 13.8. The largest absolute Gasteiger partial charge is 0.398 e. The van der Waals surface area contributed by atoms with Gasteiger partial charge in [-0.2, -0.15) is 0 Å². The van der Waals surface area contributed by atoms with Crippen LogP contribution in [0.25, 0.3) is 0 Å². The molecule has 0 aliphatic carbocycles. The molecule has 0 saturated carbocycles. The summed E-state index contributed by atoms with van der Waals surface area (Å²) in [6.45, 7) is 2.36. The second kappa shape index (κ2) is 5.52. The summed E-state index contributed by atoms with van der Waals surface area (Å²) >= 11 is 0. The zero-order valence-electron chi connectivity index (χ0n) is 10.6. The van der Waals surface area contributed by atoms with Crippen LogP contribution < -0.4 is 11.1 Å². The van der Waals surface area contributed by atoms with Crippen molar-refractivity contribution in [3.63, 3.8) is 0 Å². The molecular weight excluding hydrogens is 243 g/mol. The first-order valence-electron chi connectivity index (χ1n) is 5.95. The highest BCUT2D eigenvalue weighted by molar-refractivity contribution is 5.99. The molecule has 0 aromatic heterocycles. The van der Waals surface area contributed by atoms with Crippen LogP contribution in [0.15, 0.2) is 42.5 Å². The van der Waals surface area contributed by atoms with E-state index in [4.69, 9.17) is 5.73 Å². The summed E-state index contributed by atoms with van der Waals surface area (Å²) in [5, 5.41) is 2.74. The minimum absolute atomic E-state index is 0.161. The van der Waals surface area contributed by atoms with Gasteiger partial charge in [0, 0.05) is 12.2 Å². The summed E-state index contributed by atoms with van der Waals surface area (Å²) in [4.78, 5) is 11.9. The van der Waals surface area contributed by atoms with E-state index in [0.717, 1.165) is 17.2 Å². The third-order valence-corrected chi connectivity index (χ3v) is 2.96. The molecule has 0 unspecified atom stereocenters. The maximum Gasteiger partial charge on any atom is 0.253 e. The lowest BCUT2D eigenvalue weighted by atomic mass is 10.1. The molecule has 0 bridgehead atoms. The Hall–Kier alpha value is -2.36. The Morgan fingerprint density at radius 1 is 1.26 bits per heavy atom. The number of halogens is 1. The van der Waals surface area contributed by atoms with Gasteiger partial charge in [0.1, 0.15) is 5.82 Å². The Morgan fingerprint density at radius 3 is 2.74 bits per heavy atom. The number of hydrogen-bond donors (Lipinski definition) is 2. The number of nitrogens with two attached hydrogens (primary N) is 1. The monoisotopic (exact) mass is 258 g/mol. The topological polar surface area (TPSA) is 55.1 Å². The number of benzene rings is 2. The third kappa shape index (κ3) is 3.10. The summed E-state index contributed by atoms with van der Waals surface area (Å²) in [5.41, 5.74) is 8.20. The van der Waals surface area contributed by atoms with Crippen LogP contribution in [0.2, 0.25) is 0 Å². The van der Waals surface area contributed by atoms with Crippen LogP contribution in [0.1, 0.15) is 21.5 Å². The van der Waals surface area contributed by atoms with Crippen molar-refractivity contribution >= 4 is 11.6 Å². The van der Waals surface area contributed by atoms with Crippen LogP contribution >= 0.6 is 0 Å². The Morgan fingerprint density at radius 2 is 2.00 bits per heavy atom. The Bertz CT molecular complexity index is 611. The number of rotatable bonds is 3. The maximum absolute atomic E-state index is 13.1. The number of nitrogens with one attached hydrogen (secondary N) is 1. The lowest BCUT2D eigenvalue weighted by Crippen LogP contribution is -2.24. The van der Waals surface area contributed by atoms with Crippen molar-refractivity contribution in [3.8, 4) is 0 Å². The molecule has 0 radical (unpaired) electrons. The Labute approximate surface area is 111 Å². The van der Waals surface area contributed by atoms with Crippen LogP contribution in [-0.2, 0) is 6.54 Å². The van der Waals surface area contributed by atoms with Gasteiger partial charge in [-0.3, -0.25) is 4.79 Å². The fraction of sp³-hybridized carbons (Fsp3) is 0.133. The van der Waals surface area contributed by atoms with Gasteiger partial charge >= 0.3 is 0 Å². The second-order valence-electron chi connectivity index (χ2n) is 4.34. The highest BCUT2D eigenvalue weighted by atomic mass is 19.1. The Kier molecular flexibility index (Phi) is 3.80. The number of carbonyl (C=O) groups is 1. The number of amides is 1. The average Bonchev–Trinajstić information content (AvgIpc) is 2.40. The molecule has 0 aliphatic rings. The molecule has 0 spiro atoms. The minimum Gasteiger partial charge on any atom is -0.398 e. The lowest BCUT2D eigenvalue weighted by molar-refractivity contribution is 0.0951. The van der Waals surface area contributed by atoms with Gasteiger partial charge < -0.3 is 11.1 Å². The van der Waals surface area contributed by atoms with Crippen LogP contribution in [-0.4, -0.2) is 5.91 Å². The van der Waals surface area contributed by atoms with Gasteiger partial charge in [0.2, 0.25) is 0 Å². The normalized spacial score (nSPS) is 10.2. The molecular formula is C15H15FN2O. The predicted octanol–water partition coefficient (Wildman–Crippen LogP) is 2.65. The third-order valence-electron chi connectivity index (χ3n) is 2.96. The van der Waals surface area contributed by atoms with E-state index >= 15 is 0 Å². The first-order chi connectivity index (χ1) is 9.08. The smallest absolute Gasteiger partial charge is 0.253 e. The summed E-state index contributed by atoms with van der Waals surface area (Å²) < 4.78 is 13.1. The standard InChI is InChI=1S/C15H15FN2O/c1-10-4-2-3-5-11(10)9-18-15(19)13-8-12(16)6-7-14(13)17/h2-8H,9,17H2,1H3,(H,18,19). The molecule has 19 heavy (non-hydrogen) atoms. The van der Waals surface area contributed by atoms with E-state index < -0.39 is 5.82 Å². The molecule has 0 saturated heterocycles. The van der Waals surface area contributed by atoms with Crippen molar-refractivity contribution in [2.24, 2.45) is 0 Å². The Balaban J connectivity index is 2.10. The molecule has 3 N–H and O–H groups in total. The van der Waals surface area contributed by atoms with Crippen LogP contribution in [0, 0.1) is 12.7 Å². The molecule has 3 nitrogen and oxygen atoms in total. The first kappa shape index (κ1) is 13.1. The minimum atomic E-state index is -0.477. The predicted molar refractivity (Wildman–Crippen MR) is 73.2 cm³/mol. The van der Waals surface area contributed by atoms with Gasteiger partial charge in [-0.05, 0) is 36.2 Å². The van der Waals surface area contributed by atoms with Gasteiger partial charge in [0.05, 0.1) is 5.56 Å². The molecule has 0 aliphatic heterocycles. The molecule has 98 valence electrons. The molecule has 0 atom stereocenters. The van der Waals surface area contributed by atoms with E-state index in [2.05, 4.69) is 5.32 Å². The van der Waals surface area contributed by atoms with Gasteiger partial charge in [0.25, 0.3) is 5.91 Å². The zero-order valence-corrected chi connectivity index (χ0v) is 10.6. The summed E-state index contributed by atoms with van der Waals surface area (Å²) in [7, 11) is 0. The molecule has 2 rings (SSSR count). The van der Waals surface area contributed by atoms with Crippen molar-refractivity contribution in [1.82, 2.24) is 5.32 Å². The molecule has 1 amide bonds. The fourth-order valence-electron chi connectivity index (χ4n) is 1.80. The number of nitrogen functional groups attached to an aromatic ring is 1. The van der Waals surface area contributed by atoms with Gasteiger partial charge in [-0.25, -0.2) is 4.39 Å². The molecule has 2 aromatic rings. The second-order valence-corrected chi connectivity index (χ2v) is 4.34. The maximum atomic E-state index is 13.1. The SMILES string of the molecule is Cc1ccccc1CNC(=O)c1cc(F)ccc1N. The van der Waals surface area contributed by atoms with E-state index in [0.29, 0.717) is 6.54 Å². The fourth-order valence-corrected chi connectivity index (χ4v) is 1.80. The first-order valence-corrected chi connectivity index (χ1v) is 5.95. The number of anilines is 1.